The number of hydrogen-bond donors (Lipinski definition) is 0. The van der Waals surface area contributed by atoms with Crippen molar-refractivity contribution in [2.24, 2.45) is 5.10 Å². The molecular formula is C24H18F5N3O2. The molecule has 0 N–H and O–H groups in total. The summed E-state index contributed by atoms with van der Waals surface area (Å²) in [6.45, 7) is 5.08. The van der Waals surface area contributed by atoms with Crippen LogP contribution < -0.4 is 9.75 Å². The van der Waals surface area contributed by atoms with Gasteiger partial charge in [-0.25, -0.2) is 22.0 Å². The zero-order chi connectivity index (χ0) is 24.9. The molecular weight excluding hydrogens is 457 g/mol. The van der Waals surface area contributed by atoms with Crippen LogP contribution in [0.25, 0.3) is 11.8 Å². The van der Waals surface area contributed by atoms with Gasteiger partial charge in [-0.1, -0.05) is 0 Å². The average molecular weight is 475 g/mol. The highest BCUT2D eigenvalue weighted by Crippen LogP contribution is 2.34. The van der Waals surface area contributed by atoms with Gasteiger partial charge in [-0.05, 0) is 62.7 Å². The number of hydrogen-bond acceptors (Lipinski definition) is 3. The number of anilines is 1. The number of aryl methyl sites for hydroxylation is 1. The number of ether oxygens (including phenoxy) is 1. The number of carbonyl (C=O) groups excluding carboxylic acids is 1. The molecule has 0 atom stereocenters. The molecule has 0 fully saturated rings. The number of halogens is 5. The minimum Gasteiger partial charge on any atom is -0.497 e. The third-order valence-electron chi connectivity index (χ3n) is 5.56. The lowest BCUT2D eigenvalue weighted by Gasteiger charge is -2.15. The lowest BCUT2D eigenvalue weighted by molar-refractivity contribution is -0.114. The first-order valence-electron chi connectivity index (χ1n) is 10.0. The standard InChI is InChI=1S/C24H18F5N3O2/c1-11-9-14(13(3)31(11)15-5-7-16(34-4)8-6-15)10-17-12(2)30-32(24(17)33)23-21(28)19(26)18(25)20(27)22(23)29/h5-10H,1-4H3/b17-10+. The molecule has 0 radical (unpaired) electrons. The Kier molecular flexibility index (Phi) is 5.76. The maximum atomic E-state index is 14.3. The third-order valence-corrected chi connectivity index (χ3v) is 5.56. The van der Waals surface area contributed by atoms with Gasteiger partial charge in [0.2, 0.25) is 5.82 Å². The van der Waals surface area contributed by atoms with E-state index in [1.54, 1.807) is 25.3 Å². The molecule has 34 heavy (non-hydrogen) atoms. The van der Waals surface area contributed by atoms with E-state index in [1.165, 1.54) is 13.0 Å². The fraction of sp³-hybridized carbons (Fsp3) is 0.167. The number of rotatable bonds is 4. The molecule has 0 bridgehead atoms. The van der Waals surface area contributed by atoms with Crippen molar-refractivity contribution >= 4 is 23.4 Å². The van der Waals surface area contributed by atoms with Gasteiger partial charge in [0.05, 0.1) is 18.4 Å². The normalized spacial score (nSPS) is 14.9. The number of hydrazone groups is 1. The molecule has 1 aliphatic rings. The largest absolute Gasteiger partial charge is 0.497 e. The molecule has 0 saturated carbocycles. The molecule has 0 aliphatic carbocycles. The topological polar surface area (TPSA) is 46.8 Å². The van der Waals surface area contributed by atoms with E-state index in [1.807, 2.05) is 30.5 Å². The summed E-state index contributed by atoms with van der Waals surface area (Å²) in [6, 6.07) is 9.10. The van der Waals surface area contributed by atoms with Gasteiger partial charge in [-0.2, -0.15) is 10.1 Å². The van der Waals surface area contributed by atoms with Crippen molar-refractivity contribution in [2.45, 2.75) is 20.8 Å². The molecule has 2 heterocycles. The van der Waals surface area contributed by atoms with E-state index in [0.29, 0.717) is 11.3 Å². The van der Waals surface area contributed by atoms with Crippen molar-refractivity contribution in [3.05, 3.63) is 81.9 Å². The predicted octanol–water partition coefficient (Wildman–Crippen LogP) is 5.60. The lowest BCUT2D eigenvalue weighted by atomic mass is 10.1. The number of benzene rings is 2. The van der Waals surface area contributed by atoms with E-state index >= 15 is 0 Å². The van der Waals surface area contributed by atoms with Crippen LogP contribution in [0.5, 0.6) is 5.75 Å². The van der Waals surface area contributed by atoms with Crippen LogP contribution in [0.4, 0.5) is 27.6 Å². The van der Waals surface area contributed by atoms with Crippen molar-refractivity contribution in [1.82, 2.24) is 4.57 Å². The summed E-state index contributed by atoms with van der Waals surface area (Å²) in [6.07, 6.45) is 1.47. The molecule has 10 heteroatoms. The van der Waals surface area contributed by atoms with Gasteiger partial charge in [0.25, 0.3) is 5.91 Å². The zero-order valence-electron chi connectivity index (χ0n) is 18.5. The van der Waals surface area contributed by atoms with E-state index in [-0.39, 0.29) is 16.3 Å². The molecule has 1 aromatic heterocycles. The van der Waals surface area contributed by atoms with Crippen molar-refractivity contribution in [1.29, 1.82) is 0 Å². The highest BCUT2D eigenvalue weighted by atomic mass is 19.2. The fourth-order valence-electron chi connectivity index (χ4n) is 3.83. The Morgan fingerprint density at radius 2 is 1.44 bits per heavy atom. The molecule has 0 unspecified atom stereocenters. The summed E-state index contributed by atoms with van der Waals surface area (Å²) in [7, 11) is 1.56. The van der Waals surface area contributed by atoms with Crippen molar-refractivity contribution < 1.29 is 31.5 Å². The van der Waals surface area contributed by atoms with Crippen LogP contribution in [0.2, 0.25) is 0 Å². The fourth-order valence-corrected chi connectivity index (χ4v) is 3.83. The second-order valence-electron chi connectivity index (χ2n) is 7.64. The molecule has 2 aromatic carbocycles. The molecule has 4 rings (SSSR count). The van der Waals surface area contributed by atoms with E-state index in [4.69, 9.17) is 4.74 Å². The Bertz CT molecular complexity index is 1360. The summed E-state index contributed by atoms with van der Waals surface area (Å²) in [4.78, 5) is 12.9. The third kappa shape index (κ3) is 3.55. The van der Waals surface area contributed by atoms with Crippen LogP contribution in [0, 0.1) is 42.9 Å². The number of aromatic nitrogens is 1. The van der Waals surface area contributed by atoms with Crippen molar-refractivity contribution in [3.63, 3.8) is 0 Å². The van der Waals surface area contributed by atoms with Gasteiger partial charge in [-0.15, -0.1) is 0 Å². The van der Waals surface area contributed by atoms with Crippen molar-refractivity contribution in [3.8, 4) is 11.4 Å². The Balaban J connectivity index is 1.76. The van der Waals surface area contributed by atoms with E-state index < -0.39 is 40.7 Å². The SMILES string of the molecule is COc1ccc(-n2c(C)cc(/C=C3/C(=O)N(c4c(F)c(F)c(F)c(F)c4F)N=C3C)c2C)cc1. The highest BCUT2D eigenvalue weighted by Gasteiger charge is 2.37. The summed E-state index contributed by atoms with van der Waals surface area (Å²) in [5.41, 5.74) is 1.64. The zero-order valence-corrected chi connectivity index (χ0v) is 18.5. The Labute approximate surface area is 191 Å². The first-order valence-corrected chi connectivity index (χ1v) is 10.0. The van der Waals surface area contributed by atoms with Crippen molar-refractivity contribution in [2.75, 3.05) is 12.1 Å². The van der Waals surface area contributed by atoms with Gasteiger partial charge in [0.1, 0.15) is 11.4 Å². The first kappa shape index (κ1) is 23.2. The van der Waals surface area contributed by atoms with E-state index in [0.717, 1.165) is 17.1 Å². The summed E-state index contributed by atoms with van der Waals surface area (Å²) >= 11 is 0. The number of nitrogens with zero attached hydrogens (tertiary/aromatic N) is 3. The summed E-state index contributed by atoms with van der Waals surface area (Å²) in [5.74, 6) is -11.2. The quantitative estimate of drug-likeness (QED) is 0.213. The molecule has 3 aromatic rings. The monoisotopic (exact) mass is 475 g/mol. The van der Waals surface area contributed by atoms with Gasteiger partial charge in [-0.3, -0.25) is 4.79 Å². The minimum atomic E-state index is -2.31. The second-order valence-corrected chi connectivity index (χ2v) is 7.64. The molecule has 1 aliphatic heterocycles. The van der Waals surface area contributed by atoms with Gasteiger partial charge < -0.3 is 9.30 Å². The van der Waals surface area contributed by atoms with Gasteiger partial charge in [0, 0.05) is 17.1 Å². The maximum Gasteiger partial charge on any atom is 0.280 e. The molecule has 1 amide bonds. The summed E-state index contributed by atoms with van der Waals surface area (Å²) < 4.78 is 76.3. The van der Waals surface area contributed by atoms with Gasteiger partial charge in [0.15, 0.2) is 23.3 Å². The average Bonchev–Trinajstić information content (AvgIpc) is 3.26. The minimum absolute atomic E-state index is 0.0427. The smallest absolute Gasteiger partial charge is 0.280 e. The van der Waals surface area contributed by atoms with Crippen LogP contribution in [0.1, 0.15) is 23.9 Å². The van der Waals surface area contributed by atoms with E-state index in [2.05, 4.69) is 5.10 Å². The first-order chi connectivity index (χ1) is 16.1. The Morgan fingerprint density at radius 3 is 2.00 bits per heavy atom. The highest BCUT2D eigenvalue weighted by molar-refractivity contribution is 6.32. The van der Waals surface area contributed by atoms with Crippen LogP contribution in [0.3, 0.4) is 0 Å². The predicted molar refractivity (Wildman–Crippen MR) is 117 cm³/mol. The summed E-state index contributed by atoms with van der Waals surface area (Å²) in [5, 5.41) is 3.96. The number of methoxy groups -OCH3 is 1. The number of carbonyl (C=O) groups is 1. The number of amides is 1. The van der Waals surface area contributed by atoms with Crippen LogP contribution in [-0.4, -0.2) is 23.3 Å². The second kappa shape index (κ2) is 8.44. The molecule has 5 nitrogen and oxygen atoms in total. The van der Waals surface area contributed by atoms with Crippen LogP contribution in [-0.2, 0) is 4.79 Å². The Hall–Kier alpha value is -3.95. The maximum absolute atomic E-state index is 14.3. The van der Waals surface area contributed by atoms with Crippen LogP contribution in [0.15, 0.2) is 41.0 Å². The molecule has 176 valence electrons. The molecule has 0 saturated heterocycles. The van der Waals surface area contributed by atoms with Crippen LogP contribution >= 0.6 is 0 Å². The Morgan fingerprint density at radius 1 is 0.882 bits per heavy atom. The van der Waals surface area contributed by atoms with Gasteiger partial charge >= 0.3 is 0 Å². The van der Waals surface area contributed by atoms with E-state index in [9.17, 15) is 26.7 Å². The lowest BCUT2D eigenvalue weighted by Crippen LogP contribution is -2.25. The molecule has 0 spiro atoms.